The van der Waals surface area contributed by atoms with Gasteiger partial charge in [-0.15, -0.1) is 0 Å². The number of furan rings is 1. The molecule has 0 radical (unpaired) electrons. The molecular formula is C23H26N2O3. The van der Waals surface area contributed by atoms with Crippen molar-refractivity contribution >= 4 is 28.5 Å². The van der Waals surface area contributed by atoms with Crippen molar-refractivity contribution in [3.05, 3.63) is 64.4 Å². The lowest BCUT2D eigenvalue weighted by molar-refractivity contribution is -0.116. The van der Waals surface area contributed by atoms with Gasteiger partial charge in [-0.3, -0.25) is 9.59 Å². The number of amides is 2. The van der Waals surface area contributed by atoms with Gasteiger partial charge in [-0.2, -0.15) is 0 Å². The summed E-state index contributed by atoms with van der Waals surface area (Å²) in [5.74, 6) is 0.137. The van der Waals surface area contributed by atoms with Gasteiger partial charge in [0.1, 0.15) is 5.58 Å². The van der Waals surface area contributed by atoms with E-state index in [2.05, 4.69) is 10.6 Å². The Morgan fingerprint density at radius 1 is 0.964 bits per heavy atom. The molecule has 0 bridgehead atoms. The third-order valence-electron chi connectivity index (χ3n) is 4.86. The van der Waals surface area contributed by atoms with Crippen LogP contribution in [0.2, 0.25) is 0 Å². The van der Waals surface area contributed by atoms with Crippen LogP contribution in [0.25, 0.3) is 11.0 Å². The zero-order chi connectivity index (χ0) is 20.3. The molecule has 1 heterocycles. The molecule has 5 heteroatoms. The van der Waals surface area contributed by atoms with Gasteiger partial charge in [0.2, 0.25) is 5.91 Å². The van der Waals surface area contributed by atoms with Gasteiger partial charge in [0, 0.05) is 29.6 Å². The molecule has 0 aliphatic heterocycles. The van der Waals surface area contributed by atoms with Crippen molar-refractivity contribution in [3.63, 3.8) is 0 Å². The van der Waals surface area contributed by atoms with Crippen LogP contribution in [0, 0.1) is 20.8 Å². The van der Waals surface area contributed by atoms with Gasteiger partial charge in [0.05, 0.1) is 0 Å². The van der Waals surface area contributed by atoms with Gasteiger partial charge in [-0.25, -0.2) is 0 Å². The van der Waals surface area contributed by atoms with Gasteiger partial charge in [0.15, 0.2) is 5.76 Å². The molecule has 1 aromatic heterocycles. The molecule has 5 nitrogen and oxygen atoms in total. The first-order valence-corrected chi connectivity index (χ1v) is 9.57. The highest BCUT2D eigenvalue weighted by Gasteiger charge is 2.19. The number of carbonyl (C=O) groups is 2. The van der Waals surface area contributed by atoms with E-state index >= 15 is 0 Å². The molecule has 2 aromatic carbocycles. The number of carbonyl (C=O) groups excluding carboxylic acids is 2. The molecule has 0 unspecified atom stereocenters. The Labute approximate surface area is 165 Å². The minimum absolute atomic E-state index is 0.00880. The van der Waals surface area contributed by atoms with E-state index in [1.165, 1.54) is 0 Å². The standard InChI is InChI=1S/C23H26N2O3/c1-5-6-19(26)25-18-11-9-17(10-12-18)13-24-23(27)22-16(4)20-14(2)7-8-15(3)21(20)28-22/h7-12H,5-6,13H2,1-4H3,(H,24,27)(H,25,26). The first-order chi connectivity index (χ1) is 13.4. The van der Waals surface area contributed by atoms with Crippen LogP contribution in [0.3, 0.4) is 0 Å². The summed E-state index contributed by atoms with van der Waals surface area (Å²) in [5.41, 5.74) is 5.46. The smallest absolute Gasteiger partial charge is 0.287 e. The lowest BCUT2D eigenvalue weighted by Crippen LogP contribution is -2.23. The molecule has 0 spiro atoms. The maximum absolute atomic E-state index is 12.7. The van der Waals surface area contributed by atoms with Crippen molar-refractivity contribution in [2.75, 3.05) is 5.32 Å². The molecule has 28 heavy (non-hydrogen) atoms. The molecule has 146 valence electrons. The summed E-state index contributed by atoms with van der Waals surface area (Å²) < 4.78 is 5.89. The third-order valence-corrected chi connectivity index (χ3v) is 4.86. The second-order valence-electron chi connectivity index (χ2n) is 7.14. The second-order valence-corrected chi connectivity index (χ2v) is 7.14. The predicted molar refractivity (Wildman–Crippen MR) is 112 cm³/mol. The van der Waals surface area contributed by atoms with Crippen molar-refractivity contribution in [1.29, 1.82) is 0 Å². The van der Waals surface area contributed by atoms with E-state index in [0.29, 0.717) is 18.7 Å². The van der Waals surface area contributed by atoms with E-state index < -0.39 is 0 Å². The van der Waals surface area contributed by atoms with E-state index in [0.717, 1.165) is 45.3 Å². The second kappa shape index (κ2) is 8.30. The van der Waals surface area contributed by atoms with E-state index in [1.807, 2.05) is 64.1 Å². The maximum atomic E-state index is 12.7. The molecule has 0 fully saturated rings. The Morgan fingerprint density at radius 3 is 2.29 bits per heavy atom. The number of hydrogen-bond donors (Lipinski definition) is 2. The Balaban J connectivity index is 1.68. The summed E-state index contributed by atoms with van der Waals surface area (Å²) in [6.07, 6.45) is 1.32. The minimum atomic E-state index is -0.229. The molecular weight excluding hydrogens is 352 g/mol. The van der Waals surface area contributed by atoms with Gasteiger partial charge in [0.25, 0.3) is 5.91 Å². The van der Waals surface area contributed by atoms with Crippen LogP contribution in [0.5, 0.6) is 0 Å². The van der Waals surface area contributed by atoms with Crippen LogP contribution in [-0.2, 0) is 11.3 Å². The van der Waals surface area contributed by atoms with Crippen LogP contribution >= 0.6 is 0 Å². The molecule has 0 aliphatic carbocycles. The number of nitrogens with one attached hydrogen (secondary N) is 2. The summed E-state index contributed by atoms with van der Waals surface area (Å²) in [7, 11) is 0. The predicted octanol–water partition coefficient (Wildman–Crippen LogP) is 5.03. The minimum Gasteiger partial charge on any atom is -0.450 e. The average Bonchev–Trinajstić information content (AvgIpc) is 3.03. The van der Waals surface area contributed by atoms with Gasteiger partial charge < -0.3 is 15.1 Å². The largest absolute Gasteiger partial charge is 0.450 e. The van der Waals surface area contributed by atoms with E-state index in [1.54, 1.807) is 0 Å². The Kier molecular flexibility index (Phi) is 5.83. The highest BCUT2D eigenvalue weighted by molar-refractivity contribution is 6.00. The first kappa shape index (κ1) is 19.7. The third kappa shape index (κ3) is 4.09. The van der Waals surface area contributed by atoms with Crippen molar-refractivity contribution in [1.82, 2.24) is 5.32 Å². The summed E-state index contributed by atoms with van der Waals surface area (Å²) in [6.45, 7) is 8.27. The fraction of sp³-hybridized carbons (Fsp3) is 0.304. The molecule has 0 atom stereocenters. The van der Waals surface area contributed by atoms with E-state index in [-0.39, 0.29) is 11.8 Å². The number of hydrogen-bond acceptors (Lipinski definition) is 3. The average molecular weight is 378 g/mol. The summed E-state index contributed by atoms with van der Waals surface area (Å²) >= 11 is 0. The fourth-order valence-electron chi connectivity index (χ4n) is 3.31. The number of aryl methyl sites for hydroxylation is 3. The lowest BCUT2D eigenvalue weighted by atomic mass is 10.0. The van der Waals surface area contributed by atoms with Crippen molar-refractivity contribution < 1.29 is 14.0 Å². The van der Waals surface area contributed by atoms with Crippen LogP contribution in [-0.4, -0.2) is 11.8 Å². The summed E-state index contributed by atoms with van der Waals surface area (Å²) in [6, 6.07) is 11.5. The molecule has 0 saturated carbocycles. The highest BCUT2D eigenvalue weighted by Crippen LogP contribution is 2.30. The van der Waals surface area contributed by atoms with Crippen LogP contribution in [0.15, 0.2) is 40.8 Å². The molecule has 3 aromatic rings. The number of fused-ring (bicyclic) bond motifs is 1. The SMILES string of the molecule is CCCC(=O)Nc1ccc(CNC(=O)c2oc3c(C)ccc(C)c3c2C)cc1. The van der Waals surface area contributed by atoms with Gasteiger partial charge in [-0.1, -0.05) is 31.2 Å². The number of rotatable bonds is 6. The fourth-order valence-corrected chi connectivity index (χ4v) is 3.31. The van der Waals surface area contributed by atoms with Gasteiger partial charge in [-0.05, 0) is 56.0 Å². The molecule has 2 N–H and O–H groups in total. The summed E-state index contributed by atoms with van der Waals surface area (Å²) in [5, 5.41) is 6.78. The number of anilines is 1. The highest BCUT2D eigenvalue weighted by atomic mass is 16.3. The zero-order valence-electron chi connectivity index (χ0n) is 16.8. The Hall–Kier alpha value is -3.08. The lowest BCUT2D eigenvalue weighted by Gasteiger charge is -2.07. The van der Waals surface area contributed by atoms with Crippen LogP contribution < -0.4 is 10.6 Å². The Morgan fingerprint density at radius 2 is 1.64 bits per heavy atom. The number of benzene rings is 2. The van der Waals surface area contributed by atoms with E-state index in [9.17, 15) is 9.59 Å². The molecule has 0 saturated heterocycles. The molecule has 3 rings (SSSR count). The van der Waals surface area contributed by atoms with Gasteiger partial charge >= 0.3 is 0 Å². The van der Waals surface area contributed by atoms with E-state index in [4.69, 9.17) is 4.42 Å². The van der Waals surface area contributed by atoms with Crippen molar-refractivity contribution in [2.24, 2.45) is 0 Å². The quantitative estimate of drug-likeness (QED) is 0.632. The normalized spacial score (nSPS) is 10.9. The molecule has 0 aliphatic rings. The molecule has 2 amide bonds. The zero-order valence-corrected chi connectivity index (χ0v) is 16.8. The summed E-state index contributed by atoms with van der Waals surface area (Å²) in [4.78, 5) is 24.3. The van der Waals surface area contributed by atoms with Crippen molar-refractivity contribution in [3.8, 4) is 0 Å². The maximum Gasteiger partial charge on any atom is 0.287 e. The van der Waals surface area contributed by atoms with Crippen LogP contribution in [0.1, 0.15) is 52.6 Å². The van der Waals surface area contributed by atoms with Crippen molar-refractivity contribution in [2.45, 2.75) is 47.1 Å². The first-order valence-electron chi connectivity index (χ1n) is 9.57. The Bertz CT molecular complexity index is 1020. The monoisotopic (exact) mass is 378 g/mol. The topological polar surface area (TPSA) is 71.3 Å². The van der Waals surface area contributed by atoms with Crippen LogP contribution in [0.4, 0.5) is 5.69 Å².